The first-order valence-corrected chi connectivity index (χ1v) is 8.12. The number of fused-ring (bicyclic) bond motifs is 1. The number of rotatable bonds is 3. The molecule has 2 fully saturated rings. The minimum atomic E-state index is -0.00171. The lowest BCUT2D eigenvalue weighted by atomic mass is 9.84. The van der Waals surface area contributed by atoms with Crippen molar-refractivity contribution in [1.82, 2.24) is 5.32 Å². The molecule has 3 unspecified atom stereocenters. The summed E-state index contributed by atoms with van der Waals surface area (Å²) in [7, 11) is 0. The van der Waals surface area contributed by atoms with E-state index in [-0.39, 0.29) is 11.8 Å². The van der Waals surface area contributed by atoms with Crippen LogP contribution in [0, 0.1) is 5.92 Å². The second kappa shape index (κ2) is 6.05. The van der Waals surface area contributed by atoms with Crippen LogP contribution >= 0.6 is 23.2 Å². The highest BCUT2D eigenvalue weighted by molar-refractivity contribution is 6.42. The van der Waals surface area contributed by atoms with Gasteiger partial charge < -0.3 is 5.32 Å². The van der Waals surface area contributed by atoms with Crippen LogP contribution in [-0.4, -0.2) is 17.9 Å². The first kappa shape index (κ1) is 14.4. The van der Waals surface area contributed by atoms with Crippen LogP contribution in [0.3, 0.4) is 0 Å². The van der Waals surface area contributed by atoms with Crippen molar-refractivity contribution >= 4 is 29.0 Å². The zero-order chi connectivity index (χ0) is 14.1. The maximum atomic E-state index is 12.5. The van der Waals surface area contributed by atoms with Gasteiger partial charge in [-0.25, -0.2) is 0 Å². The molecule has 0 aromatic heterocycles. The maximum Gasteiger partial charge on any atom is 0.154 e. The molecule has 2 nitrogen and oxygen atoms in total. The molecule has 3 atom stereocenters. The van der Waals surface area contributed by atoms with Crippen LogP contribution in [0.1, 0.15) is 37.7 Å². The van der Waals surface area contributed by atoms with E-state index in [1.54, 1.807) is 6.07 Å². The number of hydrogen-bond donors (Lipinski definition) is 1. The van der Waals surface area contributed by atoms with Crippen molar-refractivity contribution < 1.29 is 4.79 Å². The number of ketones is 1. The molecular weight excluding hydrogens is 293 g/mol. The molecule has 20 heavy (non-hydrogen) atoms. The molecule has 1 aliphatic heterocycles. The smallest absolute Gasteiger partial charge is 0.154 e. The summed E-state index contributed by atoms with van der Waals surface area (Å²) in [6, 6.07) is 6.03. The lowest BCUT2D eigenvalue weighted by Gasteiger charge is -2.24. The lowest BCUT2D eigenvalue weighted by molar-refractivity contribution is -0.120. The van der Waals surface area contributed by atoms with E-state index in [0.717, 1.165) is 12.0 Å². The Bertz CT molecular complexity index is 503. The molecule has 3 rings (SSSR count). The van der Waals surface area contributed by atoms with Crippen molar-refractivity contribution in [3.63, 3.8) is 0 Å². The minimum Gasteiger partial charge on any atom is -0.304 e. The predicted molar refractivity (Wildman–Crippen MR) is 82.5 cm³/mol. The van der Waals surface area contributed by atoms with E-state index < -0.39 is 0 Å². The SMILES string of the molecule is O=C(Cc1cccc(Cl)c1Cl)C1CC2CCCCC2N1. The monoisotopic (exact) mass is 311 g/mol. The first-order valence-electron chi connectivity index (χ1n) is 7.37. The Hall–Kier alpha value is -0.570. The fraction of sp³-hybridized carbons (Fsp3) is 0.562. The summed E-state index contributed by atoms with van der Waals surface area (Å²) in [6.07, 6.45) is 6.43. The molecular formula is C16H19Cl2NO. The molecule has 2 aliphatic rings. The van der Waals surface area contributed by atoms with Gasteiger partial charge >= 0.3 is 0 Å². The molecule has 0 amide bonds. The Morgan fingerprint density at radius 1 is 1.25 bits per heavy atom. The zero-order valence-electron chi connectivity index (χ0n) is 11.4. The normalized spacial score (nSPS) is 29.2. The van der Waals surface area contributed by atoms with Gasteiger partial charge in [-0.1, -0.05) is 48.2 Å². The molecule has 0 bridgehead atoms. The van der Waals surface area contributed by atoms with E-state index in [2.05, 4.69) is 5.32 Å². The Labute approximate surface area is 129 Å². The van der Waals surface area contributed by atoms with E-state index >= 15 is 0 Å². The van der Waals surface area contributed by atoms with Crippen LogP contribution in [-0.2, 0) is 11.2 Å². The van der Waals surface area contributed by atoms with Crippen molar-refractivity contribution in [1.29, 1.82) is 0 Å². The van der Waals surface area contributed by atoms with Gasteiger partial charge in [0, 0.05) is 12.5 Å². The van der Waals surface area contributed by atoms with Crippen molar-refractivity contribution in [2.75, 3.05) is 0 Å². The third kappa shape index (κ3) is 2.88. The molecule has 4 heteroatoms. The molecule has 1 aromatic rings. The Kier molecular flexibility index (Phi) is 4.34. The second-order valence-electron chi connectivity index (χ2n) is 5.96. The number of halogens is 2. The number of nitrogens with one attached hydrogen (secondary N) is 1. The number of hydrogen-bond acceptors (Lipinski definition) is 2. The van der Waals surface area contributed by atoms with E-state index in [4.69, 9.17) is 23.2 Å². The van der Waals surface area contributed by atoms with E-state index in [0.29, 0.717) is 28.4 Å². The summed E-state index contributed by atoms with van der Waals surface area (Å²) in [5.41, 5.74) is 0.834. The molecule has 1 saturated carbocycles. The molecule has 1 aliphatic carbocycles. The minimum absolute atomic E-state index is 0.00171. The fourth-order valence-corrected chi connectivity index (χ4v) is 3.95. The van der Waals surface area contributed by atoms with Crippen molar-refractivity contribution in [3.05, 3.63) is 33.8 Å². The van der Waals surface area contributed by atoms with E-state index in [9.17, 15) is 4.79 Å². The van der Waals surface area contributed by atoms with Gasteiger partial charge in [-0.05, 0) is 36.8 Å². The van der Waals surface area contributed by atoms with Gasteiger partial charge in [0.1, 0.15) is 0 Å². The molecule has 1 saturated heterocycles. The van der Waals surface area contributed by atoms with Crippen LogP contribution in [0.15, 0.2) is 18.2 Å². The number of Topliss-reactive ketones (excluding diaryl/α,β-unsaturated/α-hetero) is 1. The molecule has 0 spiro atoms. The summed E-state index contributed by atoms with van der Waals surface area (Å²) in [5.74, 6) is 0.927. The van der Waals surface area contributed by atoms with Gasteiger partial charge in [-0.15, -0.1) is 0 Å². The van der Waals surface area contributed by atoms with Gasteiger partial charge in [-0.3, -0.25) is 4.79 Å². The Morgan fingerprint density at radius 3 is 2.85 bits per heavy atom. The predicted octanol–water partition coefficient (Wildman–Crippen LogP) is 4.03. The van der Waals surface area contributed by atoms with Gasteiger partial charge in [0.25, 0.3) is 0 Å². The van der Waals surface area contributed by atoms with Gasteiger partial charge in [0.05, 0.1) is 16.1 Å². The standard InChI is InChI=1S/C16H19Cl2NO/c17-12-6-3-5-11(16(12)18)9-15(20)14-8-10-4-1-2-7-13(10)19-14/h3,5-6,10,13-14,19H,1-2,4,7-9H2. The quantitative estimate of drug-likeness (QED) is 0.913. The van der Waals surface area contributed by atoms with Gasteiger partial charge in [0.2, 0.25) is 0 Å². The van der Waals surface area contributed by atoms with Crippen molar-refractivity contribution in [2.45, 2.75) is 50.6 Å². The topological polar surface area (TPSA) is 29.1 Å². The van der Waals surface area contributed by atoms with Crippen molar-refractivity contribution in [2.24, 2.45) is 5.92 Å². The third-order valence-electron chi connectivity index (χ3n) is 4.65. The van der Waals surface area contributed by atoms with Crippen LogP contribution in [0.2, 0.25) is 10.0 Å². The molecule has 108 valence electrons. The number of carbonyl (C=O) groups excluding carboxylic acids is 1. The zero-order valence-corrected chi connectivity index (χ0v) is 12.9. The summed E-state index contributed by atoms with van der Waals surface area (Å²) in [6.45, 7) is 0. The van der Waals surface area contributed by atoms with Crippen LogP contribution < -0.4 is 5.32 Å². The molecule has 1 N–H and O–H groups in total. The highest BCUT2D eigenvalue weighted by Gasteiger charge is 2.37. The average molecular weight is 312 g/mol. The summed E-state index contributed by atoms with van der Waals surface area (Å²) in [5, 5.41) is 4.55. The number of benzene rings is 1. The average Bonchev–Trinajstić information content (AvgIpc) is 2.88. The van der Waals surface area contributed by atoms with Crippen molar-refractivity contribution in [3.8, 4) is 0 Å². The highest BCUT2D eigenvalue weighted by atomic mass is 35.5. The van der Waals surface area contributed by atoms with Crippen LogP contribution in [0.5, 0.6) is 0 Å². The second-order valence-corrected chi connectivity index (χ2v) is 6.75. The number of carbonyl (C=O) groups is 1. The summed E-state index contributed by atoms with van der Waals surface area (Å²) >= 11 is 12.2. The van der Waals surface area contributed by atoms with Gasteiger partial charge in [0.15, 0.2) is 5.78 Å². The highest BCUT2D eigenvalue weighted by Crippen LogP contribution is 2.34. The van der Waals surface area contributed by atoms with E-state index in [1.165, 1.54) is 25.7 Å². The molecule has 0 radical (unpaired) electrons. The first-order chi connectivity index (χ1) is 9.65. The Morgan fingerprint density at radius 2 is 2.05 bits per heavy atom. The maximum absolute atomic E-state index is 12.5. The molecule has 1 heterocycles. The van der Waals surface area contributed by atoms with Gasteiger partial charge in [-0.2, -0.15) is 0 Å². The lowest BCUT2D eigenvalue weighted by Crippen LogP contribution is -2.37. The van der Waals surface area contributed by atoms with Crippen LogP contribution in [0.4, 0.5) is 0 Å². The summed E-state index contributed by atoms with van der Waals surface area (Å²) < 4.78 is 0. The Balaban J connectivity index is 1.66. The fourth-order valence-electron chi connectivity index (χ4n) is 3.56. The largest absolute Gasteiger partial charge is 0.304 e. The third-order valence-corrected chi connectivity index (χ3v) is 5.51. The summed E-state index contributed by atoms with van der Waals surface area (Å²) in [4.78, 5) is 12.5. The van der Waals surface area contributed by atoms with E-state index in [1.807, 2.05) is 12.1 Å². The molecule has 1 aromatic carbocycles. The van der Waals surface area contributed by atoms with Crippen LogP contribution in [0.25, 0.3) is 0 Å².